The van der Waals surface area contributed by atoms with Gasteiger partial charge >= 0.3 is 0 Å². The second-order valence-corrected chi connectivity index (χ2v) is 3.71. The highest BCUT2D eigenvalue weighted by Crippen LogP contribution is 2.27. The molecule has 3 heterocycles. The summed E-state index contributed by atoms with van der Waals surface area (Å²) in [6.45, 7) is 0. The van der Waals surface area contributed by atoms with Crippen LogP contribution in [0.5, 0.6) is 5.75 Å². The van der Waals surface area contributed by atoms with E-state index >= 15 is 0 Å². The number of halogens is 1. The standard InChI is InChI=1S/C11H7ClN2O2/c12-10-4-3-9(16-10)11-13-6-7-8(15)2-1-5-14(7)11/h1-6,15H. The van der Waals surface area contributed by atoms with Crippen LogP contribution in [0.25, 0.3) is 17.1 Å². The van der Waals surface area contributed by atoms with Crippen molar-refractivity contribution in [3.05, 3.63) is 41.9 Å². The summed E-state index contributed by atoms with van der Waals surface area (Å²) in [5.74, 6) is 1.35. The molecule has 0 radical (unpaired) electrons. The zero-order valence-electron chi connectivity index (χ0n) is 8.09. The second kappa shape index (κ2) is 3.28. The Kier molecular flexibility index (Phi) is 1.91. The van der Waals surface area contributed by atoms with Crippen LogP contribution in [-0.4, -0.2) is 14.5 Å². The van der Waals surface area contributed by atoms with E-state index in [1.54, 1.807) is 41.1 Å². The molecule has 0 unspecified atom stereocenters. The third-order valence-electron chi connectivity index (χ3n) is 2.34. The SMILES string of the molecule is Oc1cccn2c(-c3ccc(Cl)o3)ncc12. The quantitative estimate of drug-likeness (QED) is 0.704. The first-order valence-electron chi connectivity index (χ1n) is 4.66. The molecule has 3 aromatic heterocycles. The summed E-state index contributed by atoms with van der Waals surface area (Å²) in [6, 6.07) is 6.73. The minimum atomic E-state index is 0.180. The molecule has 0 saturated carbocycles. The van der Waals surface area contributed by atoms with Crippen molar-refractivity contribution in [1.82, 2.24) is 9.38 Å². The zero-order valence-corrected chi connectivity index (χ0v) is 8.85. The highest BCUT2D eigenvalue weighted by molar-refractivity contribution is 6.28. The Labute approximate surface area is 95.7 Å². The topological polar surface area (TPSA) is 50.7 Å². The van der Waals surface area contributed by atoms with E-state index < -0.39 is 0 Å². The molecule has 4 nitrogen and oxygen atoms in total. The van der Waals surface area contributed by atoms with Gasteiger partial charge in [-0.05, 0) is 35.9 Å². The molecule has 0 fully saturated rings. The van der Waals surface area contributed by atoms with Gasteiger partial charge in [-0.3, -0.25) is 4.40 Å². The summed E-state index contributed by atoms with van der Waals surface area (Å²) in [5, 5.41) is 9.93. The van der Waals surface area contributed by atoms with E-state index in [4.69, 9.17) is 16.0 Å². The Balaban J connectivity index is 2.29. The van der Waals surface area contributed by atoms with Crippen molar-refractivity contribution >= 4 is 17.1 Å². The van der Waals surface area contributed by atoms with Crippen molar-refractivity contribution < 1.29 is 9.52 Å². The summed E-state index contributed by atoms with van der Waals surface area (Å²) in [5.41, 5.74) is 0.630. The normalized spacial score (nSPS) is 11.1. The Morgan fingerprint density at radius 3 is 2.94 bits per heavy atom. The fraction of sp³-hybridized carbons (Fsp3) is 0. The Morgan fingerprint density at radius 1 is 1.31 bits per heavy atom. The lowest BCUT2D eigenvalue weighted by molar-refractivity contribution is 0.479. The summed E-state index contributed by atoms with van der Waals surface area (Å²) >= 11 is 5.71. The van der Waals surface area contributed by atoms with Crippen molar-refractivity contribution in [1.29, 1.82) is 0 Å². The Bertz CT molecular complexity index is 657. The summed E-state index contributed by atoms with van der Waals surface area (Å²) in [7, 11) is 0. The van der Waals surface area contributed by atoms with E-state index in [0.29, 0.717) is 22.3 Å². The monoisotopic (exact) mass is 234 g/mol. The first-order valence-corrected chi connectivity index (χ1v) is 5.04. The molecule has 1 N–H and O–H groups in total. The lowest BCUT2D eigenvalue weighted by Gasteiger charge is -1.98. The molecular formula is C11H7ClN2O2. The molecule has 0 aliphatic heterocycles. The number of fused-ring (bicyclic) bond motifs is 1. The van der Waals surface area contributed by atoms with Gasteiger partial charge in [0.25, 0.3) is 0 Å². The van der Waals surface area contributed by atoms with Gasteiger partial charge in [0.05, 0.1) is 6.20 Å². The van der Waals surface area contributed by atoms with Gasteiger partial charge in [-0.15, -0.1) is 0 Å². The number of furan rings is 1. The molecule has 3 aromatic rings. The second-order valence-electron chi connectivity index (χ2n) is 3.33. The highest BCUT2D eigenvalue weighted by atomic mass is 35.5. The number of hydrogen-bond acceptors (Lipinski definition) is 3. The van der Waals surface area contributed by atoms with Gasteiger partial charge in [-0.25, -0.2) is 4.98 Å². The molecule has 0 spiro atoms. The summed E-state index contributed by atoms with van der Waals surface area (Å²) < 4.78 is 7.02. The van der Waals surface area contributed by atoms with E-state index in [2.05, 4.69) is 4.98 Å². The molecule has 0 saturated heterocycles. The molecule has 0 aliphatic rings. The number of nitrogens with zero attached hydrogens (tertiary/aromatic N) is 2. The maximum atomic E-state index is 9.62. The Hall–Kier alpha value is -1.94. The number of imidazole rings is 1. The number of rotatable bonds is 1. The molecule has 5 heteroatoms. The molecule has 0 amide bonds. The minimum Gasteiger partial charge on any atom is -0.506 e. The van der Waals surface area contributed by atoms with Crippen LogP contribution in [-0.2, 0) is 0 Å². The van der Waals surface area contributed by atoms with Crippen LogP contribution in [0.3, 0.4) is 0 Å². The number of hydrogen-bond donors (Lipinski definition) is 1. The molecule has 80 valence electrons. The molecule has 0 bridgehead atoms. The number of aromatic hydroxyl groups is 1. The third kappa shape index (κ3) is 1.27. The average molecular weight is 235 g/mol. The van der Waals surface area contributed by atoms with Crippen LogP contribution in [0.1, 0.15) is 0 Å². The molecule has 0 aliphatic carbocycles. The van der Waals surface area contributed by atoms with Gasteiger partial charge in [0, 0.05) is 6.20 Å². The van der Waals surface area contributed by atoms with Crippen LogP contribution in [0.4, 0.5) is 0 Å². The largest absolute Gasteiger partial charge is 0.506 e. The first-order chi connectivity index (χ1) is 7.75. The van der Waals surface area contributed by atoms with Gasteiger partial charge in [-0.1, -0.05) is 0 Å². The summed E-state index contributed by atoms with van der Waals surface area (Å²) in [6.07, 6.45) is 3.38. The smallest absolute Gasteiger partial charge is 0.194 e. The summed E-state index contributed by atoms with van der Waals surface area (Å²) in [4.78, 5) is 4.19. The van der Waals surface area contributed by atoms with Crippen molar-refractivity contribution in [3.63, 3.8) is 0 Å². The predicted octanol–water partition coefficient (Wildman–Crippen LogP) is 2.95. The maximum absolute atomic E-state index is 9.62. The lowest BCUT2D eigenvalue weighted by Crippen LogP contribution is -1.86. The van der Waals surface area contributed by atoms with Crippen molar-refractivity contribution in [2.45, 2.75) is 0 Å². The van der Waals surface area contributed by atoms with Crippen LogP contribution in [0.15, 0.2) is 41.1 Å². The maximum Gasteiger partial charge on any atom is 0.194 e. The van der Waals surface area contributed by atoms with Gasteiger partial charge < -0.3 is 9.52 Å². The fourth-order valence-corrected chi connectivity index (χ4v) is 1.77. The van der Waals surface area contributed by atoms with Crippen molar-refractivity contribution in [3.8, 4) is 17.3 Å². The van der Waals surface area contributed by atoms with E-state index in [0.717, 1.165) is 0 Å². The van der Waals surface area contributed by atoms with E-state index in [-0.39, 0.29) is 5.75 Å². The number of pyridine rings is 1. The molecule has 0 aromatic carbocycles. The average Bonchev–Trinajstić information content (AvgIpc) is 2.84. The van der Waals surface area contributed by atoms with Crippen LogP contribution < -0.4 is 0 Å². The lowest BCUT2D eigenvalue weighted by atomic mass is 10.4. The Morgan fingerprint density at radius 2 is 2.19 bits per heavy atom. The molecule has 16 heavy (non-hydrogen) atoms. The van der Waals surface area contributed by atoms with Gasteiger partial charge in [-0.2, -0.15) is 0 Å². The molecular weight excluding hydrogens is 228 g/mol. The third-order valence-corrected chi connectivity index (χ3v) is 2.55. The number of aromatic nitrogens is 2. The van der Waals surface area contributed by atoms with Gasteiger partial charge in [0.15, 0.2) is 16.8 Å². The van der Waals surface area contributed by atoms with Crippen LogP contribution in [0, 0.1) is 0 Å². The fourth-order valence-electron chi connectivity index (χ4n) is 1.62. The minimum absolute atomic E-state index is 0.180. The predicted molar refractivity (Wildman–Crippen MR) is 59.6 cm³/mol. The highest BCUT2D eigenvalue weighted by Gasteiger charge is 2.11. The van der Waals surface area contributed by atoms with Crippen molar-refractivity contribution in [2.24, 2.45) is 0 Å². The van der Waals surface area contributed by atoms with Gasteiger partial charge in [0.2, 0.25) is 0 Å². The molecule has 3 rings (SSSR count). The van der Waals surface area contributed by atoms with E-state index in [1.165, 1.54) is 0 Å². The first kappa shape index (κ1) is 9.30. The van der Waals surface area contributed by atoms with E-state index in [9.17, 15) is 5.11 Å². The zero-order chi connectivity index (χ0) is 11.1. The molecule has 0 atom stereocenters. The van der Waals surface area contributed by atoms with E-state index in [1.807, 2.05) is 0 Å². The van der Waals surface area contributed by atoms with Crippen molar-refractivity contribution in [2.75, 3.05) is 0 Å². The van der Waals surface area contributed by atoms with Crippen LogP contribution >= 0.6 is 11.6 Å². The van der Waals surface area contributed by atoms with Crippen LogP contribution in [0.2, 0.25) is 5.22 Å². The van der Waals surface area contributed by atoms with Gasteiger partial charge in [0.1, 0.15) is 11.3 Å².